The van der Waals surface area contributed by atoms with Crippen LogP contribution in [0.2, 0.25) is 5.02 Å². The van der Waals surface area contributed by atoms with E-state index in [-0.39, 0.29) is 31.1 Å². The van der Waals surface area contributed by atoms with Crippen molar-refractivity contribution in [3.8, 4) is 11.4 Å². The zero-order valence-corrected chi connectivity index (χ0v) is 13.5. The molecule has 1 heterocycles. The molecule has 1 aliphatic carbocycles. The van der Waals surface area contributed by atoms with Gasteiger partial charge >= 0.3 is 6.03 Å². The van der Waals surface area contributed by atoms with Crippen molar-refractivity contribution >= 4 is 17.6 Å². The van der Waals surface area contributed by atoms with E-state index in [1.165, 1.54) is 0 Å². The molecule has 0 saturated carbocycles. The molecule has 7 nitrogen and oxygen atoms in total. The van der Waals surface area contributed by atoms with E-state index in [4.69, 9.17) is 21.2 Å². The summed E-state index contributed by atoms with van der Waals surface area (Å²) in [6.07, 6.45) is 4.48. The normalized spacial score (nSPS) is 19.4. The number of aliphatic hydroxyl groups is 1. The van der Waals surface area contributed by atoms with Gasteiger partial charge in [0.2, 0.25) is 11.7 Å². The van der Waals surface area contributed by atoms with Gasteiger partial charge in [-0.25, -0.2) is 4.79 Å². The van der Waals surface area contributed by atoms with Gasteiger partial charge in [-0.15, -0.1) is 0 Å². The van der Waals surface area contributed by atoms with E-state index in [1.54, 1.807) is 24.3 Å². The largest absolute Gasteiger partial charge is 0.396 e. The zero-order chi connectivity index (χ0) is 16.9. The predicted molar refractivity (Wildman–Crippen MR) is 88.2 cm³/mol. The Morgan fingerprint density at radius 1 is 1.33 bits per heavy atom. The van der Waals surface area contributed by atoms with Gasteiger partial charge in [0.05, 0.1) is 6.54 Å². The fourth-order valence-corrected chi connectivity index (χ4v) is 2.56. The molecule has 0 bridgehead atoms. The maximum absolute atomic E-state index is 11.9. The van der Waals surface area contributed by atoms with Gasteiger partial charge in [0.25, 0.3) is 0 Å². The molecule has 2 atom stereocenters. The third-order valence-corrected chi connectivity index (χ3v) is 3.95. The molecule has 3 rings (SSSR count). The molecule has 2 aromatic rings. The third kappa shape index (κ3) is 4.12. The molecular formula is C16H17ClN4O3. The summed E-state index contributed by atoms with van der Waals surface area (Å²) >= 11 is 5.84. The Hall–Kier alpha value is -2.38. The van der Waals surface area contributed by atoms with E-state index in [0.29, 0.717) is 23.2 Å². The van der Waals surface area contributed by atoms with Crippen LogP contribution in [-0.4, -0.2) is 33.9 Å². The van der Waals surface area contributed by atoms with Crippen LogP contribution in [-0.2, 0) is 6.54 Å². The van der Waals surface area contributed by atoms with Crippen molar-refractivity contribution in [1.29, 1.82) is 0 Å². The number of halogens is 1. The highest BCUT2D eigenvalue weighted by Crippen LogP contribution is 2.19. The number of benzene rings is 1. The minimum Gasteiger partial charge on any atom is -0.396 e. The summed E-state index contributed by atoms with van der Waals surface area (Å²) in [4.78, 5) is 16.1. The van der Waals surface area contributed by atoms with Crippen molar-refractivity contribution in [2.45, 2.75) is 19.0 Å². The van der Waals surface area contributed by atoms with Crippen LogP contribution in [0.4, 0.5) is 4.79 Å². The molecule has 0 spiro atoms. The summed E-state index contributed by atoms with van der Waals surface area (Å²) in [5.74, 6) is 0.854. The molecule has 24 heavy (non-hydrogen) atoms. The number of nitrogens with one attached hydrogen (secondary N) is 2. The first-order valence-corrected chi connectivity index (χ1v) is 7.94. The summed E-state index contributed by atoms with van der Waals surface area (Å²) in [6, 6.07) is 6.67. The van der Waals surface area contributed by atoms with Gasteiger partial charge in [0.15, 0.2) is 0 Å². The Morgan fingerprint density at radius 3 is 2.83 bits per heavy atom. The number of nitrogens with zero attached hydrogens (tertiary/aromatic N) is 2. The van der Waals surface area contributed by atoms with Crippen LogP contribution in [0, 0.1) is 5.92 Å². The van der Waals surface area contributed by atoms with Gasteiger partial charge in [0.1, 0.15) is 0 Å². The van der Waals surface area contributed by atoms with Crippen LogP contribution in [0.3, 0.4) is 0 Å². The van der Waals surface area contributed by atoms with Gasteiger partial charge in [0, 0.05) is 29.2 Å². The van der Waals surface area contributed by atoms with E-state index in [2.05, 4.69) is 20.8 Å². The van der Waals surface area contributed by atoms with Crippen LogP contribution in [0.5, 0.6) is 0 Å². The number of rotatable bonds is 5. The maximum atomic E-state index is 11.9. The first kappa shape index (κ1) is 16.5. The third-order valence-electron chi connectivity index (χ3n) is 3.69. The first-order valence-electron chi connectivity index (χ1n) is 7.56. The van der Waals surface area contributed by atoms with E-state index < -0.39 is 0 Å². The molecule has 8 heteroatoms. The predicted octanol–water partition coefficient (Wildman–Crippen LogP) is 2.13. The highest BCUT2D eigenvalue weighted by molar-refractivity contribution is 6.30. The highest BCUT2D eigenvalue weighted by atomic mass is 35.5. The summed E-state index contributed by atoms with van der Waals surface area (Å²) in [5.41, 5.74) is 0.782. The Balaban J connectivity index is 1.49. The first-order chi connectivity index (χ1) is 11.6. The monoisotopic (exact) mass is 348 g/mol. The lowest BCUT2D eigenvalue weighted by Gasteiger charge is -2.12. The average Bonchev–Trinajstić information content (AvgIpc) is 3.23. The van der Waals surface area contributed by atoms with Crippen molar-refractivity contribution in [2.24, 2.45) is 5.92 Å². The number of urea groups is 1. The van der Waals surface area contributed by atoms with Crippen LogP contribution in [0.15, 0.2) is 40.9 Å². The Morgan fingerprint density at radius 2 is 2.12 bits per heavy atom. The fourth-order valence-electron chi connectivity index (χ4n) is 2.44. The van der Waals surface area contributed by atoms with Crippen molar-refractivity contribution in [1.82, 2.24) is 20.8 Å². The molecule has 0 unspecified atom stereocenters. The van der Waals surface area contributed by atoms with E-state index in [9.17, 15) is 4.79 Å². The van der Waals surface area contributed by atoms with Gasteiger partial charge in [-0.3, -0.25) is 0 Å². The lowest BCUT2D eigenvalue weighted by atomic mass is 10.1. The minimum absolute atomic E-state index is 0.0746. The summed E-state index contributed by atoms with van der Waals surface area (Å²) < 4.78 is 5.12. The van der Waals surface area contributed by atoms with Crippen molar-refractivity contribution < 1.29 is 14.4 Å². The van der Waals surface area contributed by atoms with Crippen LogP contribution < -0.4 is 10.6 Å². The molecule has 1 aromatic heterocycles. The highest BCUT2D eigenvalue weighted by Gasteiger charge is 2.19. The van der Waals surface area contributed by atoms with E-state index >= 15 is 0 Å². The number of carbonyl (C=O) groups is 1. The molecule has 2 amide bonds. The summed E-state index contributed by atoms with van der Waals surface area (Å²) in [7, 11) is 0. The van der Waals surface area contributed by atoms with E-state index in [1.807, 2.05) is 12.2 Å². The van der Waals surface area contributed by atoms with Gasteiger partial charge < -0.3 is 20.3 Å². The number of carbonyl (C=O) groups excluding carboxylic acids is 1. The van der Waals surface area contributed by atoms with Crippen LogP contribution >= 0.6 is 11.6 Å². The summed E-state index contributed by atoms with van der Waals surface area (Å²) in [6.45, 7) is 0.220. The Kier molecular flexibility index (Phi) is 5.12. The molecule has 0 saturated heterocycles. The summed E-state index contributed by atoms with van der Waals surface area (Å²) in [5, 5.41) is 19.0. The van der Waals surface area contributed by atoms with Crippen LogP contribution in [0.1, 0.15) is 12.3 Å². The van der Waals surface area contributed by atoms with E-state index in [0.717, 1.165) is 5.56 Å². The Bertz CT molecular complexity index is 729. The number of aromatic nitrogens is 2. The molecule has 1 aliphatic rings. The maximum Gasteiger partial charge on any atom is 0.315 e. The lowest BCUT2D eigenvalue weighted by Crippen LogP contribution is -2.40. The number of hydrogen-bond acceptors (Lipinski definition) is 5. The smallest absolute Gasteiger partial charge is 0.315 e. The minimum atomic E-state index is -0.325. The SMILES string of the molecule is O=C(NCc1nc(-c2ccc(Cl)cc2)no1)N[C@@H]1C=C[C@H](CO)C1. The average molecular weight is 349 g/mol. The number of hydrogen-bond donors (Lipinski definition) is 3. The van der Waals surface area contributed by atoms with Crippen molar-refractivity contribution in [3.63, 3.8) is 0 Å². The van der Waals surface area contributed by atoms with Crippen molar-refractivity contribution in [3.05, 3.63) is 47.3 Å². The quantitative estimate of drug-likeness (QED) is 0.719. The second-order valence-electron chi connectivity index (χ2n) is 5.52. The second-order valence-corrected chi connectivity index (χ2v) is 5.95. The van der Waals surface area contributed by atoms with Gasteiger partial charge in [-0.05, 0) is 30.7 Å². The standard InChI is InChI=1S/C16H17ClN4O3/c17-12-4-2-11(3-5-12)15-20-14(24-21-15)8-18-16(23)19-13-6-1-10(7-13)9-22/h1-6,10,13,22H,7-9H2,(H2,18,19,23)/t10-,13+/m0/s1. The van der Waals surface area contributed by atoms with Crippen LogP contribution in [0.25, 0.3) is 11.4 Å². The lowest BCUT2D eigenvalue weighted by molar-refractivity contribution is 0.229. The molecule has 1 aromatic carbocycles. The van der Waals surface area contributed by atoms with Gasteiger partial charge in [-0.1, -0.05) is 28.9 Å². The molecule has 0 fully saturated rings. The molecule has 126 valence electrons. The fraction of sp³-hybridized carbons (Fsp3) is 0.312. The molecular weight excluding hydrogens is 332 g/mol. The number of aliphatic hydroxyl groups excluding tert-OH is 1. The molecule has 3 N–H and O–H groups in total. The Labute approximate surface area is 143 Å². The second kappa shape index (κ2) is 7.46. The van der Waals surface area contributed by atoms with Gasteiger partial charge in [-0.2, -0.15) is 4.98 Å². The topological polar surface area (TPSA) is 100 Å². The molecule has 0 radical (unpaired) electrons. The zero-order valence-electron chi connectivity index (χ0n) is 12.8. The molecule has 0 aliphatic heterocycles. The number of amides is 2. The van der Waals surface area contributed by atoms with Crippen molar-refractivity contribution in [2.75, 3.05) is 6.61 Å².